The van der Waals surface area contributed by atoms with E-state index in [0.29, 0.717) is 5.56 Å². The van der Waals surface area contributed by atoms with Crippen molar-refractivity contribution in [1.82, 2.24) is 10.6 Å². The molecule has 0 atom stereocenters. The van der Waals surface area contributed by atoms with Crippen LogP contribution in [0.25, 0.3) is 0 Å². The Morgan fingerprint density at radius 1 is 1.12 bits per heavy atom. The van der Waals surface area contributed by atoms with Crippen molar-refractivity contribution in [2.75, 3.05) is 7.05 Å². The maximum atomic E-state index is 12.7. The molecule has 1 saturated heterocycles. The third-order valence-corrected chi connectivity index (χ3v) is 2.43. The van der Waals surface area contributed by atoms with E-state index < -0.39 is 23.5 Å². The number of hydrogen-bond donors (Lipinski definition) is 2. The van der Waals surface area contributed by atoms with Gasteiger partial charge < -0.3 is 0 Å². The second-order valence-electron chi connectivity index (χ2n) is 3.54. The molecule has 1 heterocycles. The first-order chi connectivity index (χ1) is 8.11. The van der Waals surface area contributed by atoms with Crippen molar-refractivity contribution in [2.24, 2.45) is 4.99 Å². The Bertz CT molecular complexity index is 476. The van der Waals surface area contributed by atoms with Crippen LogP contribution in [0.5, 0.6) is 0 Å². The second kappa shape index (κ2) is 4.32. The lowest BCUT2D eigenvalue weighted by atomic mass is 9.96. The molecule has 0 radical (unpaired) electrons. The van der Waals surface area contributed by atoms with E-state index in [0.717, 1.165) is 0 Å². The van der Waals surface area contributed by atoms with Crippen LogP contribution >= 0.6 is 0 Å². The Balaban J connectivity index is 2.30. The molecule has 0 aromatic heterocycles. The maximum absolute atomic E-state index is 12.7. The molecule has 2 N–H and O–H groups in total. The molecule has 1 aliphatic heterocycles. The van der Waals surface area contributed by atoms with E-state index in [1.807, 2.05) is 0 Å². The average Bonchev–Trinajstić information content (AvgIpc) is 2.30. The van der Waals surface area contributed by atoms with Gasteiger partial charge in [-0.25, -0.2) is 4.39 Å². The summed E-state index contributed by atoms with van der Waals surface area (Å²) in [6.07, 6.45) is 0. The van der Waals surface area contributed by atoms with E-state index in [-0.39, 0.29) is 5.96 Å². The summed E-state index contributed by atoms with van der Waals surface area (Å²) < 4.78 is 12.7. The van der Waals surface area contributed by atoms with Gasteiger partial charge in [0.1, 0.15) is 11.7 Å². The Hall–Kier alpha value is -2.24. The molecule has 2 rings (SSSR count). The molecule has 1 aromatic carbocycles. The van der Waals surface area contributed by atoms with Crippen LogP contribution in [0.1, 0.15) is 11.5 Å². The number of rotatable bonds is 1. The topological polar surface area (TPSA) is 70.6 Å². The number of carbonyl (C=O) groups is 2. The van der Waals surface area contributed by atoms with E-state index in [4.69, 9.17) is 0 Å². The molecule has 6 heteroatoms. The number of amides is 2. The quantitative estimate of drug-likeness (QED) is 0.680. The van der Waals surface area contributed by atoms with Crippen molar-refractivity contribution in [3.63, 3.8) is 0 Å². The van der Waals surface area contributed by atoms with Crippen LogP contribution in [0.2, 0.25) is 0 Å². The second-order valence-corrected chi connectivity index (χ2v) is 3.54. The summed E-state index contributed by atoms with van der Waals surface area (Å²) in [5.74, 6) is -2.21. The largest absolute Gasteiger partial charge is 0.295 e. The highest BCUT2D eigenvalue weighted by molar-refractivity contribution is 6.20. The molecular weight excluding hydrogens is 225 g/mol. The normalized spacial score (nSPS) is 19.6. The first-order valence-electron chi connectivity index (χ1n) is 4.96. The van der Waals surface area contributed by atoms with Crippen molar-refractivity contribution in [3.8, 4) is 0 Å². The zero-order valence-corrected chi connectivity index (χ0v) is 9.03. The molecule has 0 spiro atoms. The maximum Gasteiger partial charge on any atom is 0.243 e. The summed E-state index contributed by atoms with van der Waals surface area (Å²) in [4.78, 5) is 27.1. The van der Waals surface area contributed by atoms with Crippen LogP contribution in [0, 0.1) is 5.82 Å². The number of aliphatic imine (C=N–C) groups is 1. The molecule has 5 nitrogen and oxygen atoms in total. The minimum Gasteiger partial charge on any atom is -0.295 e. The van der Waals surface area contributed by atoms with E-state index in [2.05, 4.69) is 15.6 Å². The van der Waals surface area contributed by atoms with Crippen molar-refractivity contribution in [2.45, 2.75) is 5.92 Å². The summed E-state index contributed by atoms with van der Waals surface area (Å²) in [6.45, 7) is 0. The molecule has 17 heavy (non-hydrogen) atoms. The van der Waals surface area contributed by atoms with Crippen LogP contribution in [0.15, 0.2) is 29.3 Å². The van der Waals surface area contributed by atoms with E-state index in [1.54, 1.807) is 0 Å². The Morgan fingerprint density at radius 2 is 1.65 bits per heavy atom. The van der Waals surface area contributed by atoms with Gasteiger partial charge in [0.2, 0.25) is 17.8 Å². The fourth-order valence-electron chi connectivity index (χ4n) is 1.60. The Morgan fingerprint density at radius 3 is 2.12 bits per heavy atom. The standard InChI is InChI=1S/C11H10FN3O2/c1-13-11-14-9(16)8(10(17)15-11)6-2-4-7(12)5-3-6/h2-5,8H,1H3,(H2,13,14,15,16,17). The van der Waals surface area contributed by atoms with Crippen molar-refractivity contribution >= 4 is 17.8 Å². The lowest BCUT2D eigenvalue weighted by Crippen LogP contribution is -2.55. The molecule has 1 fully saturated rings. The summed E-state index contributed by atoms with van der Waals surface area (Å²) in [5.41, 5.74) is 0.441. The number of guanidine groups is 1. The van der Waals surface area contributed by atoms with Gasteiger partial charge in [-0.3, -0.25) is 25.2 Å². The molecule has 0 unspecified atom stereocenters. The average molecular weight is 235 g/mol. The lowest BCUT2D eigenvalue weighted by Gasteiger charge is -2.23. The molecular formula is C11H10FN3O2. The van der Waals surface area contributed by atoms with E-state index in [1.165, 1.54) is 31.3 Å². The highest BCUT2D eigenvalue weighted by Gasteiger charge is 2.34. The van der Waals surface area contributed by atoms with Crippen molar-refractivity contribution in [3.05, 3.63) is 35.6 Å². The lowest BCUT2D eigenvalue weighted by molar-refractivity contribution is -0.131. The van der Waals surface area contributed by atoms with Crippen molar-refractivity contribution < 1.29 is 14.0 Å². The number of halogens is 1. The third-order valence-electron chi connectivity index (χ3n) is 2.43. The van der Waals surface area contributed by atoms with E-state index in [9.17, 15) is 14.0 Å². The zero-order valence-electron chi connectivity index (χ0n) is 9.03. The van der Waals surface area contributed by atoms with Crippen molar-refractivity contribution in [1.29, 1.82) is 0 Å². The van der Waals surface area contributed by atoms with Gasteiger partial charge in [0.05, 0.1) is 0 Å². The SMILES string of the molecule is CN=C1NC(=O)C(c2ccc(F)cc2)C(=O)N1. The highest BCUT2D eigenvalue weighted by Crippen LogP contribution is 2.18. The van der Waals surface area contributed by atoms with Crippen LogP contribution in [-0.2, 0) is 9.59 Å². The Labute approximate surface area is 96.7 Å². The third kappa shape index (κ3) is 2.15. The number of benzene rings is 1. The molecule has 0 saturated carbocycles. The van der Waals surface area contributed by atoms with Gasteiger partial charge in [-0.15, -0.1) is 0 Å². The molecule has 1 aliphatic rings. The minimum absolute atomic E-state index is 0.123. The van der Waals surface area contributed by atoms with Crippen LogP contribution in [0.4, 0.5) is 4.39 Å². The summed E-state index contributed by atoms with van der Waals surface area (Å²) in [7, 11) is 1.45. The summed E-state index contributed by atoms with van der Waals surface area (Å²) in [5, 5.41) is 4.89. The molecule has 0 bridgehead atoms. The minimum atomic E-state index is -0.971. The summed E-state index contributed by atoms with van der Waals surface area (Å²) >= 11 is 0. The Kier molecular flexibility index (Phi) is 2.86. The highest BCUT2D eigenvalue weighted by atomic mass is 19.1. The first-order valence-corrected chi connectivity index (χ1v) is 4.96. The number of carbonyl (C=O) groups excluding carboxylic acids is 2. The van der Waals surface area contributed by atoms with Gasteiger partial charge in [-0.2, -0.15) is 0 Å². The molecule has 88 valence electrons. The van der Waals surface area contributed by atoms with Gasteiger partial charge in [0.25, 0.3) is 0 Å². The summed E-state index contributed by atoms with van der Waals surface area (Å²) in [6, 6.07) is 5.24. The first kappa shape index (κ1) is 11.3. The predicted octanol–water partition coefficient (Wildman–Crippen LogP) is 0.141. The molecule has 2 amide bonds. The van der Waals surface area contributed by atoms with Gasteiger partial charge in [0, 0.05) is 7.05 Å². The molecule has 0 aliphatic carbocycles. The van der Waals surface area contributed by atoms with Gasteiger partial charge in [-0.1, -0.05) is 12.1 Å². The number of nitrogens with one attached hydrogen (secondary N) is 2. The van der Waals surface area contributed by atoms with Gasteiger partial charge in [-0.05, 0) is 17.7 Å². The molecule has 1 aromatic rings. The number of nitrogens with zero attached hydrogens (tertiary/aromatic N) is 1. The fraction of sp³-hybridized carbons (Fsp3) is 0.182. The fourth-order valence-corrected chi connectivity index (χ4v) is 1.60. The van der Waals surface area contributed by atoms with Crippen LogP contribution in [0.3, 0.4) is 0 Å². The number of hydrogen-bond acceptors (Lipinski definition) is 3. The van der Waals surface area contributed by atoms with Gasteiger partial charge >= 0.3 is 0 Å². The van der Waals surface area contributed by atoms with Crippen LogP contribution < -0.4 is 10.6 Å². The van der Waals surface area contributed by atoms with Crippen LogP contribution in [-0.4, -0.2) is 24.8 Å². The predicted molar refractivity (Wildman–Crippen MR) is 58.8 cm³/mol. The monoisotopic (exact) mass is 235 g/mol. The van der Waals surface area contributed by atoms with Gasteiger partial charge in [0.15, 0.2) is 0 Å². The van der Waals surface area contributed by atoms with E-state index >= 15 is 0 Å². The smallest absolute Gasteiger partial charge is 0.243 e. The zero-order chi connectivity index (χ0) is 12.4.